The van der Waals surface area contributed by atoms with Gasteiger partial charge in [-0.3, -0.25) is 14.2 Å². The first kappa shape index (κ1) is 18.6. The number of imidazole rings is 1. The van der Waals surface area contributed by atoms with Gasteiger partial charge in [-0.25, -0.2) is 4.98 Å². The second kappa shape index (κ2) is 8.03. The Kier molecular flexibility index (Phi) is 5.54. The van der Waals surface area contributed by atoms with Crippen molar-refractivity contribution >= 4 is 22.8 Å². The van der Waals surface area contributed by atoms with Crippen LogP contribution in [0.3, 0.4) is 0 Å². The minimum Gasteiger partial charge on any atom is -0.352 e. The summed E-state index contributed by atoms with van der Waals surface area (Å²) in [6.07, 6.45) is 1.77. The normalized spacial score (nSPS) is 11.0. The van der Waals surface area contributed by atoms with Crippen LogP contribution in [0.25, 0.3) is 16.7 Å². The average Bonchev–Trinajstić information content (AvgIpc) is 3.09. The second-order valence-corrected chi connectivity index (χ2v) is 6.69. The van der Waals surface area contributed by atoms with Crippen LogP contribution in [-0.4, -0.2) is 45.4 Å². The van der Waals surface area contributed by atoms with E-state index in [2.05, 4.69) is 10.3 Å². The van der Waals surface area contributed by atoms with Gasteiger partial charge >= 0.3 is 0 Å². The highest BCUT2D eigenvalue weighted by Gasteiger charge is 2.18. The first-order valence-corrected chi connectivity index (χ1v) is 9.10. The SMILES string of the molecule is CCN(CC(=O)NC(C)C)C(=O)c1ccc(-n2cnc3ccccc32)cc1. The van der Waals surface area contributed by atoms with Crippen molar-refractivity contribution in [3.05, 3.63) is 60.4 Å². The highest BCUT2D eigenvalue weighted by molar-refractivity contribution is 5.96. The van der Waals surface area contributed by atoms with Crippen LogP contribution in [0.15, 0.2) is 54.9 Å². The van der Waals surface area contributed by atoms with Crippen LogP contribution in [0.5, 0.6) is 0 Å². The third kappa shape index (κ3) is 4.16. The number of hydrogen-bond donors (Lipinski definition) is 1. The molecule has 3 aromatic rings. The molecule has 0 radical (unpaired) electrons. The number of rotatable bonds is 6. The van der Waals surface area contributed by atoms with E-state index in [-0.39, 0.29) is 24.4 Å². The van der Waals surface area contributed by atoms with Gasteiger partial charge in [-0.2, -0.15) is 0 Å². The Hall–Kier alpha value is -3.15. The number of hydrogen-bond acceptors (Lipinski definition) is 3. The van der Waals surface area contributed by atoms with E-state index in [1.54, 1.807) is 23.4 Å². The molecule has 0 fully saturated rings. The molecule has 0 aliphatic carbocycles. The summed E-state index contributed by atoms with van der Waals surface area (Å²) < 4.78 is 1.98. The molecule has 0 saturated heterocycles. The van der Waals surface area contributed by atoms with Crippen LogP contribution >= 0.6 is 0 Å². The summed E-state index contributed by atoms with van der Waals surface area (Å²) in [5.41, 5.74) is 3.42. The number of para-hydroxylation sites is 2. The predicted molar refractivity (Wildman–Crippen MR) is 106 cm³/mol. The molecule has 0 spiro atoms. The zero-order valence-electron chi connectivity index (χ0n) is 15.8. The number of likely N-dealkylation sites (N-methyl/N-ethyl adjacent to an activating group) is 1. The monoisotopic (exact) mass is 364 g/mol. The lowest BCUT2D eigenvalue weighted by Gasteiger charge is -2.21. The summed E-state index contributed by atoms with van der Waals surface area (Å²) in [6.45, 7) is 6.19. The van der Waals surface area contributed by atoms with Crippen molar-refractivity contribution < 1.29 is 9.59 Å². The van der Waals surface area contributed by atoms with Gasteiger partial charge in [0.25, 0.3) is 5.91 Å². The molecule has 0 aliphatic heterocycles. The Morgan fingerprint density at radius 3 is 2.48 bits per heavy atom. The van der Waals surface area contributed by atoms with E-state index in [1.807, 2.05) is 61.7 Å². The highest BCUT2D eigenvalue weighted by Crippen LogP contribution is 2.18. The first-order valence-electron chi connectivity index (χ1n) is 9.10. The smallest absolute Gasteiger partial charge is 0.254 e. The number of benzene rings is 2. The molecular formula is C21H24N4O2. The van der Waals surface area contributed by atoms with E-state index in [0.717, 1.165) is 16.7 Å². The number of fused-ring (bicyclic) bond motifs is 1. The Morgan fingerprint density at radius 1 is 1.11 bits per heavy atom. The van der Waals surface area contributed by atoms with Gasteiger partial charge in [0.1, 0.15) is 6.33 Å². The number of carbonyl (C=O) groups excluding carboxylic acids is 2. The van der Waals surface area contributed by atoms with E-state index in [9.17, 15) is 9.59 Å². The molecule has 1 N–H and O–H groups in total. The van der Waals surface area contributed by atoms with Gasteiger partial charge < -0.3 is 10.2 Å². The van der Waals surface area contributed by atoms with Gasteiger partial charge in [-0.15, -0.1) is 0 Å². The summed E-state index contributed by atoms with van der Waals surface area (Å²) in [6, 6.07) is 15.3. The number of aromatic nitrogens is 2. The van der Waals surface area contributed by atoms with E-state index in [0.29, 0.717) is 12.1 Å². The number of carbonyl (C=O) groups is 2. The molecule has 3 rings (SSSR count). The fourth-order valence-electron chi connectivity index (χ4n) is 2.98. The fourth-order valence-corrected chi connectivity index (χ4v) is 2.98. The minimum atomic E-state index is -0.154. The van der Waals surface area contributed by atoms with Crippen LogP contribution in [0.2, 0.25) is 0 Å². The quantitative estimate of drug-likeness (QED) is 0.731. The summed E-state index contributed by atoms with van der Waals surface area (Å²) in [5, 5.41) is 2.82. The standard InChI is InChI=1S/C21H24N4O2/c1-4-24(13-20(26)23-15(2)3)21(27)16-9-11-17(12-10-16)25-14-22-18-7-5-6-8-19(18)25/h5-12,14-15H,4,13H2,1-3H3,(H,23,26). The van der Waals surface area contributed by atoms with Gasteiger partial charge in [0, 0.05) is 23.8 Å². The fraction of sp³-hybridized carbons (Fsp3) is 0.286. The topological polar surface area (TPSA) is 67.2 Å². The molecule has 6 nitrogen and oxygen atoms in total. The van der Waals surface area contributed by atoms with E-state index in [4.69, 9.17) is 0 Å². The molecular weight excluding hydrogens is 340 g/mol. The molecule has 0 saturated carbocycles. The van der Waals surface area contributed by atoms with Crippen LogP contribution in [0.1, 0.15) is 31.1 Å². The van der Waals surface area contributed by atoms with Crippen LogP contribution in [-0.2, 0) is 4.79 Å². The Bertz CT molecular complexity index is 944. The van der Waals surface area contributed by atoms with Crippen molar-refractivity contribution in [3.8, 4) is 5.69 Å². The molecule has 6 heteroatoms. The molecule has 1 aromatic heterocycles. The lowest BCUT2D eigenvalue weighted by molar-refractivity contribution is -0.122. The van der Waals surface area contributed by atoms with Crippen molar-refractivity contribution in [1.82, 2.24) is 19.8 Å². The van der Waals surface area contributed by atoms with Gasteiger partial charge in [-0.05, 0) is 57.2 Å². The summed E-state index contributed by atoms with van der Waals surface area (Å²) in [7, 11) is 0. The van der Waals surface area contributed by atoms with Crippen molar-refractivity contribution in [3.63, 3.8) is 0 Å². The summed E-state index contributed by atoms with van der Waals surface area (Å²) in [4.78, 5) is 30.6. The summed E-state index contributed by atoms with van der Waals surface area (Å²) >= 11 is 0. The van der Waals surface area contributed by atoms with Crippen LogP contribution in [0.4, 0.5) is 0 Å². The van der Waals surface area contributed by atoms with E-state index >= 15 is 0 Å². The maximum atomic E-state index is 12.7. The van der Waals surface area contributed by atoms with Gasteiger partial charge in [0.05, 0.1) is 17.6 Å². The maximum absolute atomic E-state index is 12.7. The molecule has 2 aromatic carbocycles. The lowest BCUT2D eigenvalue weighted by Crippen LogP contribution is -2.42. The Labute approximate surface area is 158 Å². The summed E-state index contributed by atoms with van der Waals surface area (Å²) in [5.74, 6) is -0.305. The Balaban J connectivity index is 1.77. The molecule has 2 amide bonds. The largest absolute Gasteiger partial charge is 0.352 e. The maximum Gasteiger partial charge on any atom is 0.254 e. The zero-order chi connectivity index (χ0) is 19.4. The van der Waals surface area contributed by atoms with E-state index < -0.39 is 0 Å². The third-order valence-corrected chi connectivity index (χ3v) is 4.30. The molecule has 0 unspecified atom stereocenters. The first-order chi connectivity index (χ1) is 13.0. The number of nitrogens with one attached hydrogen (secondary N) is 1. The highest BCUT2D eigenvalue weighted by atomic mass is 16.2. The number of amides is 2. The average molecular weight is 364 g/mol. The van der Waals surface area contributed by atoms with Crippen molar-refractivity contribution in [2.75, 3.05) is 13.1 Å². The molecule has 27 heavy (non-hydrogen) atoms. The van der Waals surface area contributed by atoms with Crippen LogP contribution < -0.4 is 5.32 Å². The van der Waals surface area contributed by atoms with Gasteiger partial charge in [0.15, 0.2) is 0 Å². The van der Waals surface area contributed by atoms with E-state index in [1.165, 1.54) is 0 Å². The van der Waals surface area contributed by atoms with Gasteiger partial charge in [0.2, 0.25) is 5.91 Å². The van der Waals surface area contributed by atoms with Crippen molar-refractivity contribution in [2.24, 2.45) is 0 Å². The third-order valence-electron chi connectivity index (χ3n) is 4.30. The molecule has 140 valence electrons. The molecule has 1 heterocycles. The van der Waals surface area contributed by atoms with Crippen LogP contribution in [0, 0.1) is 0 Å². The molecule has 0 aliphatic rings. The molecule has 0 bridgehead atoms. The zero-order valence-corrected chi connectivity index (χ0v) is 15.8. The minimum absolute atomic E-state index is 0.0515. The van der Waals surface area contributed by atoms with Gasteiger partial charge in [-0.1, -0.05) is 12.1 Å². The lowest BCUT2D eigenvalue weighted by atomic mass is 10.1. The van der Waals surface area contributed by atoms with Crippen molar-refractivity contribution in [1.29, 1.82) is 0 Å². The molecule has 0 atom stereocenters. The van der Waals surface area contributed by atoms with Crippen molar-refractivity contribution in [2.45, 2.75) is 26.8 Å². The number of nitrogens with zero attached hydrogens (tertiary/aromatic N) is 3. The second-order valence-electron chi connectivity index (χ2n) is 6.69. The predicted octanol–water partition coefficient (Wildman–Crippen LogP) is 3.01. The Morgan fingerprint density at radius 2 is 1.81 bits per heavy atom.